The molecule has 1 aliphatic heterocycles. The van der Waals surface area contributed by atoms with Crippen LogP contribution in [0.5, 0.6) is 5.75 Å². The van der Waals surface area contributed by atoms with Crippen molar-refractivity contribution >= 4 is 29.2 Å². The number of benzene rings is 2. The van der Waals surface area contributed by atoms with E-state index in [1.165, 1.54) is 18.2 Å². The fourth-order valence-electron chi connectivity index (χ4n) is 5.98. The smallest absolute Gasteiger partial charge is 0.313 e. The number of hydrogen-bond acceptors (Lipinski definition) is 7. The molecule has 4 rings (SSSR count). The quantitative estimate of drug-likeness (QED) is 0.328. The number of anilines is 1. The summed E-state index contributed by atoms with van der Waals surface area (Å²) < 4.78 is 17.1. The van der Waals surface area contributed by atoms with Crippen LogP contribution in [-0.4, -0.2) is 56.1 Å². The van der Waals surface area contributed by atoms with Crippen LogP contribution in [0.4, 0.5) is 5.69 Å². The number of methoxy groups -OCH3 is 1. The zero-order valence-electron chi connectivity index (χ0n) is 25.0. The lowest BCUT2D eigenvalue weighted by molar-refractivity contribution is -0.158. The number of carbonyl (C=O) groups excluding carboxylic acids is 2. The van der Waals surface area contributed by atoms with E-state index in [0.717, 1.165) is 55.2 Å². The summed E-state index contributed by atoms with van der Waals surface area (Å²) in [4.78, 5) is 28.0. The summed E-state index contributed by atoms with van der Waals surface area (Å²) >= 11 is 6.37. The fraction of sp³-hybridized carbons (Fsp3) is 0.576. The van der Waals surface area contributed by atoms with Crippen molar-refractivity contribution in [2.45, 2.75) is 77.2 Å². The molecular weight excluding hydrogens is 542 g/mol. The number of rotatable bonds is 10. The maximum Gasteiger partial charge on any atom is 0.313 e. The van der Waals surface area contributed by atoms with Crippen LogP contribution < -0.4 is 9.64 Å². The van der Waals surface area contributed by atoms with E-state index in [1.54, 1.807) is 20.8 Å². The molecule has 2 aromatic rings. The summed E-state index contributed by atoms with van der Waals surface area (Å²) in [5.74, 6) is -0.248. The van der Waals surface area contributed by atoms with Gasteiger partial charge in [-0.15, -0.1) is 0 Å². The van der Waals surface area contributed by atoms with Gasteiger partial charge in [0.25, 0.3) is 0 Å². The Morgan fingerprint density at radius 2 is 1.90 bits per heavy atom. The van der Waals surface area contributed by atoms with Crippen molar-refractivity contribution in [3.05, 3.63) is 58.1 Å². The van der Waals surface area contributed by atoms with Crippen LogP contribution in [0.3, 0.4) is 0 Å². The van der Waals surface area contributed by atoms with Crippen molar-refractivity contribution in [3.63, 3.8) is 0 Å². The van der Waals surface area contributed by atoms with Gasteiger partial charge in [0.1, 0.15) is 11.4 Å². The first-order valence-electron chi connectivity index (χ1n) is 14.7. The van der Waals surface area contributed by atoms with E-state index in [1.807, 2.05) is 24.3 Å². The molecule has 41 heavy (non-hydrogen) atoms. The molecule has 0 radical (unpaired) electrons. The first-order valence-corrected chi connectivity index (χ1v) is 15.1. The van der Waals surface area contributed by atoms with Crippen molar-refractivity contribution < 1.29 is 28.9 Å². The first-order chi connectivity index (χ1) is 19.5. The third-order valence-electron chi connectivity index (χ3n) is 8.21. The van der Waals surface area contributed by atoms with E-state index in [9.17, 15) is 14.7 Å². The van der Waals surface area contributed by atoms with Crippen molar-refractivity contribution in [3.8, 4) is 5.75 Å². The monoisotopic (exact) mass is 585 g/mol. The average molecular weight is 586 g/mol. The second-order valence-corrected chi connectivity index (χ2v) is 12.8. The Hall–Kier alpha value is -2.77. The second-order valence-electron chi connectivity index (χ2n) is 12.4. The normalized spacial score (nSPS) is 21.1. The topological polar surface area (TPSA) is 85.3 Å². The Kier molecular flexibility index (Phi) is 10.2. The number of hydrogen-bond donors (Lipinski definition) is 1. The van der Waals surface area contributed by atoms with Crippen LogP contribution in [-0.2, 0) is 25.5 Å². The van der Waals surface area contributed by atoms with Crippen molar-refractivity contribution in [2.75, 3.05) is 38.3 Å². The molecule has 0 spiro atoms. The minimum atomic E-state index is -0.803. The zero-order valence-corrected chi connectivity index (χ0v) is 25.7. The van der Waals surface area contributed by atoms with Gasteiger partial charge >= 0.3 is 11.9 Å². The molecule has 1 saturated carbocycles. The third-order valence-corrected chi connectivity index (χ3v) is 8.45. The minimum absolute atomic E-state index is 0.107. The van der Waals surface area contributed by atoms with Crippen LogP contribution in [0.15, 0.2) is 36.4 Å². The average Bonchev–Trinajstić information content (AvgIpc) is 3.08. The van der Waals surface area contributed by atoms with Gasteiger partial charge in [0.05, 0.1) is 31.7 Å². The molecule has 0 aromatic heterocycles. The molecule has 0 saturated heterocycles. The number of aliphatic hydroxyl groups excluding tert-OH is 1. The molecule has 1 heterocycles. The Balaban J connectivity index is 1.70. The van der Waals surface area contributed by atoms with E-state index in [4.69, 9.17) is 25.8 Å². The van der Waals surface area contributed by atoms with Crippen LogP contribution >= 0.6 is 11.6 Å². The molecule has 1 fully saturated rings. The maximum atomic E-state index is 12.9. The molecule has 8 heteroatoms. The standard InChI is InChI=1S/C33H44ClNO6/c1-6-7-21-14-26(34)11-12-27(21)25-18-35(17-23-8-9-24(23)19-36)29-15-22(10-13-30(29)40-20-25)28(32(38)39-5)16-31(37)41-33(2,3)4/h10-15,23-25,28,36H,6-9,16-20H2,1-5H3. The van der Waals surface area contributed by atoms with Crippen molar-refractivity contribution in [1.82, 2.24) is 0 Å². The largest absolute Gasteiger partial charge is 0.491 e. The molecule has 2 aromatic carbocycles. The molecule has 1 N–H and O–H groups in total. The van der Waals surface area contributed by atoms with Gasteiger partial charge in [0.2, 0.25) is 0 Å². The third kappa shape index (κ3) is 7.75. The summed E-state index contributed by atoms with van der Waals surface area (Å²) in [6.07, 6.45) is 3.92. The lowest BCUT2D eigenvalue weighted by atomic mass is 9.73. The van der Waals surface area contributed by atoms with E-state index in [2.05, 4.69) is 24.0 Å². The molecule has 4 atom stereocenters. The van der Waals surface area contributed by atoms with Gasteiger partial charge in [-0.2, -0.15) is 0 Å². The lowest BCUT2D eigenvalue weighted by Crippen LogP contribution is -2.41. The molecule has 0 amide bonds. The molecule has 2 aliphatic rings. The number of esters is 2. The molecule has 224 valence electrons. The van der Waals surface area contributed by atoms with Gasteiger partial charge in [0, 0.05) is 30.6 Å². The van der Waals surface area contributed by atoms with Gasteiger partial charge in [-0.25, -0.2) is 0 Å². The number of ether oxygens (including phenoxy) is 3. The minimum Gasteiger partial charge on any atom is -0.491 e. The Bertz CT molecular complexity index is 1220. The molecule has 0 bridgehead atoms. The molecule has 4 unspecified atom stereocenters. The summed E-state index contributed by atoms with van der Waals surface area (Å²) in [6, 6.07) is 11.8. The number of aliphatic hydroxyl groups is 1. The number of halogens is 1. The summed E-state index contributed by atoms with van der Waals surface area (Å²) in [6.45, 7) is 9.76. The number of aryl methyl sites for hydroxylation is 1. The van der Waals surface area contributed by atoms with Crippen LogP contribution in [0.1, 0.15) is 81.9 Å². The Labute approximate surface area is 249 Å². The Morgan fingerprint density at radius 3 is 2.54 bits per heavy atom. The first kappa shape index (κ1) is 31.2. The van der Waals surface area contributed by atoms with Crippen LogP contribution in [0, 0.1) is 11.8 Å². The van der Waals surface area contributed by atoms with Crippen molar-refractivity contribution in [2.24, 2.45) is 11.8 Å². The number of nitrogens with zero attached hydrogens (tertiary/aromatic N) is 1. The molecular formula is C33H44ClNO6. The van der Waals surface area contributed by atoms with Crippen LogP contribution in [0.2, 0.25) is 5.02 Å². The Morgan fingerprint density at radius 1 is 1.15 bits per heavy atom. The highest BCUT2D eigenvalue weighted by Crippen LogP contribution is 2.42. The lowest BCUT2D eigenvalue weighted by Gasteiger charge is -2.40. The zero-order chi connectivity index (χ0) is 29.7. The highest BCUT2D eigenvalue weighted by Gasteiger charge is 2.35. The SMILES string of the molecule is CCCc1cc(Cl)ccc1C1COc2ccc(C(CC(=O)OC(C)(C)C)C(=O)OC)cc2N(CC2CCC2CO)C1. The predicted molar refractivity (Wildman–Crippen MR) is 161 cm³/mol. The summed E-state index contributed by atoms with van der Waals surface area (Å²) in [5, 5.41) is 10.6. The van der Waals surface area contributed by atoms with Crippen LogP contribution in [0.25, 0.3) is 0 Å². The highest BCUT2D eigenvalue weighted by molar-refractivity contribution is 6.30. The van der Waals surface area contributed by atoms with Gasteiger partial charge in [0.15, 0.2) is 0 Å². The van der Waals surface area contributed by atoms with E-state index in [-0.39, 0.29) is 24.9 Å². The van der Waals surface area contributed by atoms with E-state index >= 15 is 0 Å². The van der Waals surface area contributed by atoms with Gasteiger partial charge in [-0.3, -0.25) is 9.59 Å². The van der Waals surface area contributed by atoms with Crippen molar-refractivity contribution in [1.29, 1.82) is 0 Å². The van der Waals surface area contributed by atoms with Gasteiger partial charge in [-0.1, -0.05) is 37.1 Å². The summed E-state index contributed by atoms with van der Waals surface area (Å²) in [5.41, 5.74) is 3.38. The van der Waals surface area contributed by atoms with E-state index in [0.29, 0.717) is 18.1 Å². The maximum absolute atomic E-state index is 12.9. The highest BCUT2D eigenvalue weighted by atomic mass is 35.5. The molecule has 1 aliphatic carbocycles. The fourth-order valence-corrected chi connectivity index (χ4v) is 6.17. The summed E-state index contributed by atoms with van der Waals surface area (Å²) in [7, 11) is 1.33. The second kappa shape index (κ2) is 13.5. The van der Waals surface area contributed by atoms with E-state index < -0.39 is 23.5 Å². The molecule has 7 nitrogen and oxygen atoms in total. The predicted octanol–water partition coefficient (Wildman–Crippen LogP) is 6.28. The number of fused-ring (bicyclic) bond motifs is 1. The van der Waals surface area contributed by atoms with Gasteiger partial charge < -0.3 is 24.2 Å². The van der Waals surface area contributed by atoms with Gasteiger partial charge in [-0.05, 0) is 92.8 Å². The number of carbonyl (C=O) groups is 2.